The molecule has 1 aliphatic rings. The van der Waals surface area contributed by atoms with Crippen LogP contribution in [0, 0.1) is 12.8 Å². The van der Waals surface area contributed by atoms with Crippen LogP contribution in [0.4, 0.5) is 0 Å². The molecule has 1 aromatic carbocycles. The van der Waals surface area contributed by atoms with Crippen molar-refractivity contribution in [3.05, 3.63) is 33.8 Å². The second kappa shape index (κ2) is 7.06. The van der Waals surface area contributed by atoms with Gasteiger partial charge in [0, 0.05) is 17.6 Å². The Labute approximate surface area is 131 Å². The third kappa shape index (κ3) is 4.31. The van der Waals surface area contributed by atoms with Gasteiger partial charge in [-0.1, -0.05) is 41.4 Å². The number of aryl methyl sites for hydroxylation is 1. The Hall–Kier alpha value is -0.380. The molecule has 3 heteroatoms. The molecule has 0 aliphatic heterocycles. The second-order valence-electron chi connectivity index (χ2n) is 6.26. The molecule has 2 N–H and O–H groups in total. The fourth-order valence-electron chi connectivity index (χ4n) is 2.99. The van der Waals surface area contributed by atoms with E-state index in [1.54, 1.807) is 0 Å². The monoisotopic (exact) mass is 339 g/mol. The lowest BCUT2D eigenvalue weighted by Crippen LogP contribution is -2.43. The average molecular weight is 340 g/mol. The van der Waals surface area contributed by atoms with E-state index in [1.165, 1.54) is 30.4 Å². The molecule has 0 saturated heterocycles. The Bertz CT molecular complexity index is 439. The molecule has 0 atom stereocenters. The number of aliphatic hydroxyl groups is 1. The van der Waals surface area contributed by atoms with Gasteiger partial charge in [0.1, 0.15) is 0 Å². The molecule has 1 aromatic rings. The number of rotatable bonds is 5. The largest absolute Gasteiger partial charge is 0.389 e. The van der Waals surface area contributed by atoms with Crippen molar-refractivity contribution in [2.75, 3.05) is 6.54 Å². The zero-order valence-corrected chi connectivity index (χ0v) is 14.2. The van der Waals surface area contributed by atoms with Crippen molar-refractivity contribution < 1.29 is 5.11 Å². The van der Waals surface area contributed by atoms with Gasteiger partial charge in [-0.25, -0.2) is 0 Å². The number of nitrogens with one attached hydrogen (secondary N) is 1. The van der Waals surface area contributed by atoms with Crippen molar-refractivity contribution in [1.82, 2.24) is 5.32 Å². The highest BCUT2D eigenvalue weighted by Crippen LogP contribution is 2.33. The fourth-order valence-corrected chi connectivity index (χ4v) is 3.41. The van der Waals surface area contributed by atoms with Gasteiger partial charge in [0.05, 0.1) is 5.60 Å². The highest BCUT2D eigenvalue weighted by Gasteiger charge is 2.31. The van der Waals surface area contributed by atoms with Crippen LogP contribution in [0.15, 0.2) is 22.7 Å². The summed E-state index contributed by atoms with van der Waals surface area (Å²) in [5.74, 6) is 0.823. The summed E-state index contributed by atoms with van der Waals surface area (Å²) >= 11 is 3.56. The number of hydrogen-bond donors (Lipinski definition) is 2. The van der Waals surface area contributed by atoms with E-state index in [4.69, 9.17) is 0 Å². The predicted octanol–water partition coefficient (Wildman–Crippen LogP) is 4.18. The van der Waals surface area contributed by atoms with Crippen LogP contribution in [0.25, 0.3) is 0 Å². The Morgan fingerprint density at radius 2 is 2.05 bits per heavy atom. The van der Waals surface area contributed by atoms with Crippen LogP contribution in [-0.4, -0.2) is 17.3 Å². The molecule has 0 spiro atoms. The summed E-state index contributed by atoms with van der Waals surface area (Å²) in [6, 6.07) is 6.42. The average Bonchev–Trinajstić information content (AvgIpc) is 2.44. The third-order valence-electron chi connectivity index (χ3n) is 4.63. The van der Waals surface area contributed by atoms with E-state index >= 15 is 0 Å². The Kier molecular flexibility index (Phi) is 5.65. The SMILES string of the molecule is CCC1CCC(O)(CNCc2ccc(C)c(Br)c2)CC1. The normalized spacial score (nSPS) is 26.7. The van der Waals surface area contributed by atoms with Gasteiger partial charge in [0.2, 0.25) is 0 Å². The van der Waals surface area contributed by atoms with E-state index < -0.39 is 5.60 Å². The van der Waals surface area contributed by atoms with Crippen LogP contribution in [0.5, 0.6) is 0 Å². The predicted molar refractivity (Wildman–Crippen MR) is 87.8 cm³/mol. The van der Waals surface area contributed by atoms with E-state index in [1.807, 2.05) is 0 Å². The van der Waals surface area contributed by atoms with Crippen molar-refractivity contribution in [1.29, 1.82) is 0 Å². The molecular formula is C17H26BrNO. The van der Waals surface area contributed by atoms with E-state index in [0.717, 1.165) is 29.8 Å². The summed E-state index contributed by atoms with van der Waals surface area (Å²) in [6.45, 7) is 5.87. The van der Waals surface area contributed by atoms with Gasteiger partial charge in [-0.3, -0.25) is 0 Å². The van der Waals surface area contributed by atoms with Gasteiger partial charge in [-0.2, -0.15) is 0 Å². The molecule has 2 nitrogen and oxygen atoms in total. The lowest BCUT2D eigenvalue weighted by molar-refractivity contribution is -0.00881. The van der Waals surface area contributed by atoms with Crippen molar-refractivity contribution in [2.24, 2.45) is 5.92 Å². The molecule has 112 valence electrons. The fraction of sp³-hybridized carbons (Fsp3) is 0.647. The first-order valence-electron chi connectivity index (χ1n) is 7.70. The Morgan fingerprint density at radius 1 is 1.35 bits per heavy atom. The van der Waals surface area contributed by atoms with Gasteiger partial charge in [0.15, 0.2) is 0 Å². The molecule has 2 rings (SSSR count). The molecule has 0 aromatic heterocycles. The molecule has 1 saturated carbocycles. The van der Waals surface area contributed by atoms with Crippen LogP contribution in [0.3, 0.4) is 0 Å². The lowest BCUT2D eigenvalue weighted by Gasteiger charge is -2.36. The van der Waals surface area contributed by atoms with Crippen LogP contribution in [-0.2, 0) is 6.54 Å². The lowest BCUT2D eigenvalue weighted by atomic mass is 9.78. The minimum Gasteiger partial charge on any atom is -0.389 e. The molecule has 1 aliphatic carbocycles. The summed E-state index contributed by atoms with van der Waals surface area (Å²) in [4.78, 5) is 0. The minimum atomic E-state index is -0.492. The first kappa shape index (κ1) is 16.0. The molecule has 0 unspecified atom stereocenters. The standard InChI is InChI=1S/C17H26BrNO/c1-3-14-6-8-17(20,9-7-14)12-19-11-15-5-4-13(2)16(18)10-15/h4-5,10,14,19-20H,3,6-9,11-12H2,1-2H3. The second-order valence-corrected chi connectivity index (χ2v) is 7.12. The highest BCUT2D eigenvalue weighted by molar-refractivity contribution is 9.10. The van der Waals surface area contributed by atoms with Gasteiger partial charge in [-0.15, -0.1) is 0 Å². The first-order chi connectivity index (χ1) is 9.52. The van der Waals surface area contributed by atoms with Crippen LogP contribution in [0.2, 0.25) is 0 Å². The van der Waals surface area contributed by atoms with Crippen LogP contribution in [0.1, 0.15) is 50.2 Å². The molecule has 0 bridgehead atoms. The van der Waals surface area contributed by atoms with E-state index in [9.17, 15) is 5.11 Å². The maximum atomic E-state index is 10.6. The van der Waals surface area contributed by atoms with Crippen LogP contribution >= 0.6 is 15.9 Å². The van der Waals surface area contributed by atoms with E-state index in [-0.39, 0.29) is 0 Å². The number of benzene rings is 1. The summed E-state index contributed by atoms with van der Waals surface area (Å²) < 4.78 is 1.15. The maximum absolute atomic E-state index is 10.6. The number of halogens is 1. The molecule has 0 heterocycles. The zero-order valence-electron chi connectivity index (χ0n) is 12.6. The summed E-state index contributed by atoms with van der Waals surface area (Å²) in [7, 11) is 0. The molecular weight excluding hydrogens is 314 g/mol. The smallest absolute Gasteiger partial charge is 0.0771 e. The van der Waals surface area contributed by atoms with Crippen molar-refractivity contribution in [3.63, 3.8) is 0 Å². The van der Waals surface area contributed by atoms with Crippen molar-refractivity contribution >= 4 is 15.9 Å². The quantitative estimate of drug-likeness (QED) is 0.843. The minimum absolute atomic E-state index is 0.492. The van der Waals surface area contributed by atoms with Crippen molar-refractivity contribution in [3.8, 4) is 0 Å². The van der Waals surface area contributed by atoms with Gasteiger partial charge < -0.3 is 10.4 Å². The zero-order chi connectivity index (χ0) is 14.6. The van der Waals surface area contributed by atoms with Gasteiger partial charge >= 0.3 is 0 Å². The van der Waals surface area contributed by atoms with Gasteiger partial charge in [-0.05, 0) is 55.7 Å². The summed E-state index contributed by atoms with van der Waals surface area (Å²) in [6.07, 6.45) is 5.47. The maximum Gasteiger partial charge on any atom is 0.0771 e. The summed E-state index contributed by atoms with van der Waals surface area (Å²) in [5.41, 5.74) is 2.02. The van der Waals surface area contributed by atoms with E-state index in [0.29, 0.717) is 6.54 Å². The molecule has 20 heavy (non-hydrogen) atoms. The summed E-state index contributed by atoms with van der Waals surface area (Å²) in [5, 5.41) is 14.0. The molecule has 0 amide bonds. The first-order valence-corrected chi connectivity index (χ1v) is 8.50. The number of hydrogen-bond acceptors (Lipinski definition) is 2. The van der Waals surface area contributed by atoms with Crippen LogP contribution < -0.4 is 5.32 Å². The Morgan fingerprint density at radius 3 is 2.65 bits per heavy atom. The van der Waals surface area contributed by atoms with Crippen molar-refractivity contribution in [2.45, 2.75) is 58.1 Å². The highest BCUT2D eigenvalue weighted by atomic mass is 79.9. The van der Waals surface area contributed by atoms with E-state index in [2.05, 4.69) is 53.3 Å². The topological polar surface area (TPSA) is 32.3 Å². The van der Waals surface area contributed by atoms with Gasteiger partial charge in [0.25, 0.3) is 0 Å². The molecule has 0 radical (unpaired) electrons. The Balaban J connectivity index is 1.79. The molecule has 1 fully saturated rings. The third-order valence-corrected chi connectivity index (χ3v) is 5.49.